The second-order valence-electron chi connectivity index (χ2n) is 5.26. The highest BCUT2D eigenvalue weighted by Crippen LogP contribution is 2.14. The van der Waals surface area contributed by atoms with E-state index < -0.39 is 0 Å². The SMILES string of the molecule is COc1ccc(Cc2n[nH]c(=S)n2/N=C\c2ccc(C#N)cc2)cc1. The van der Waals surface area contributed by atoms with Gasteiger partial charge in [-0.1, -0.05) is 24.3 Å². The summed E-state index contributed by atoms with van der Waals surface area (Å²) in [6.07, 6.45) is 2.27. The number of aromatic amines is 1. The van der Waals surface area contributed by atoms with Gasteiger partial charge in [0.05, 0.1) is 25.0 Å². The third-order valence-electron chi connectivity index (χ3n) is 3.60. The number of ether oxygens (including phenoxy) is 1. The van der Waals surface area contributed by atoms with Crippen molar-refractivity contribution in [1.29, 1.82) is 5.26 Å². The highest BCUT2D eigenvalue weighted by molar-refractivity contribution is 7.71. The predicted molar refractivity (Wildman–Crippen MR) is 97.4 cm³/mol. The van der Waals surface area contributed by atoms with Crippen molar-refractivity contribution >= 4 is 18.4 Å². The monoisotopic (exact) mass is 349 g/mol. The molecule has 0 spiro atoms. The Kier molecular flexibility index (Phi) is 5.02. The van der Waals surface area contributed by atoms with Crippen molar-refractivity contribution in [2.24, 2.45) is 5.10 Å². The van der Waals surface area contributed by atoms with Gasteiger partial charge in [-0.15, -0.1) is 0 Å². The second kappa shape index (κ2) is 7.55. The van der Waals surface area contributed by atoms with E-state index in [1.54, 1.807) is 30.1 Å². The number of hydrogen-bond acceptors (Lipinski definition) is 5. The zero-order valence-electron chi connectivity index (χ0n) is 13.5. The number of rotatable bonds is 5. The topological polar surface area (TPSA) is 79.0 Å². The Labute approximate surface area is 150 Å². The minimum absolute atomic E-state index is 0.424. The molecule has 124 valence electrons. The molecule has 3 aromatic rings. The molecule has 25 heavy (non-hydrogen) atoms. The Morgan fingerprint density at radius 2 is 1.96 bits per heavy atom. The molecule has 0 bridgehead atoms. The summed E-state index contributed by atoms with van der Waals surface area (Å²) in [5.74, 6) is 1.52. The smallest absolute Gasteiger partial charge is 0.216 e. The first kappa shape index (κ1) is 16.6. The molecule has 0 fully saturated rings. The van der Waals surface area contributed by atoms with E-state index in [0.717, 1.165) is 16.9 Å². The molecule has 0 aliphatic heterocycles. The zero-order chi connectivity index (χ0) is 17.6. The minimum atomic E-state index is 0.424. The molecule has 0 unspecified atom stereocenters. The molecule has 3 rings (SSSR count). The minimum Gasteiger partial charge on any atom is -0.497 e. The first-order valence-electron chi connectivity index (χ1n) is 7.53. The van der Waals surface area contributed by atoms with Gasteiger partial charge < -0.3 is 4.74 Å². The average molecular weight is 349 g/mol. The Balaban J connectivity index is 1.82. The Hall–Kier alpha value is -3.24. The third kappa shape index (κ3) is 4.00. The van der Waals surface area contributed by atoms with Crippen LogP contribution in [0.2, 0.25) is 0 Å². The van der Waals surface area contributed by atoms with Crippen LogP contribution in [-0.4, -0.2) is 28.2 Å². The maximum Gasteiger partial charge on any atom is 0.216 e. The van der Waals surface area contributed by atoms with Gasteiger partial charge in [0.2, 0.25) is 4.77 Å². The van der Waals surface area contributed by atoms with E-state index in [4.69, 9.17) is 22.2 Å². The summed E-state index contributed by atoms with van der Waals surface area (Å²) in [5.41, 5.74) is 2.55. The molecule has 0 saturated carbocycles. The summed E-state index contributed by atoms with van der Waals surface area (Å²) < 4.78 is 7.18. The van der Waals surface area contributed by atoms with E-state index in [-0.39, 0.29) is 0 Å². The van der Waals surface area contributed by atoms with Crippen LogP contribution in [0.15, 0.2) is 53.6 Å². The van der Waals surface area contributed by atoms with Crippen LogP contribution in [0.3, 0.4) is 0 Å². The fraction of sp³-hybridized carbons (Fsp3) is 0.111. The zero-order valence-corrected chi connectivity index (χ0v) is 14.3. The van der Waals surface area contributed by atoms with Crippen molar-refractivity contribution in [2.45, 2.75) is 6.42 Å². The number of nitriles is 1. The molecule has 1 heterocycles. The summed E-state index contributed by atoms with van der Waals surface area (Å²) in [4.78, 5) is 0. The highest BCUT2D eigenvalue weighted by Gasteiger charge is 2.06. The number of methoxy groups -OCH3 is 1. The Morgan fingerprint density at radius 1 is 1.24 bits per heavy atom. The number of nitrogens with zero attached hydrogens (tertiary/aromatic N) is 4. The Morgan fingerprint density at radius 3 is 2.60 bits per heavy atom. The summed E-state index contributed by atoms with van der Waals surface area (Å²) in [5, 5.41) is 20.3. The van der Waals surface area contributed by atoms with Crippen LogP contribution in [0.25, 0.3) is 0 Å². The van der Waals surface area contributed by atoms with E-state index in [1.165, 1.54) is 0 Å². The summed E-state index contributed by atoms with van der Waals surface area (Å²) in [7, 11) is 1.64. The summed E-state index contributed by atoms with van der Waals surface area (Å²) >= 11 is 5.25. The van der Waals surface area contributed by atoms with Crippen LogP contribution >= 0.6 is 12.2 Å². The molecule has 7 heteroatoms. The van der Waals surface area contributed by atoms with Crippen LogP contribution in [0.4, 0.5) is 0 Å². The van der Waals surface area contributed by atoms with Crippen molar-refractivity contribution in [3.8, 4) is 11.8 Å². The molecular formula is C18H15N5OS. The summed E-state index contributed by atoms with van der Waals surface area (Å²) in [6.45, 7) is 0. The number of hydrogen-bond donors (Lipinski definition) is 1. The van der Waals surface area contributed by atoms with E-state index in [9.17, 15) is 0 Å². The van der Waals surface area contributed by atoms with E-state index >= 15 is 0 Å². The molecule has 0 aliphatic rings. The lowest BCUT2D eigenvalue weighted by atomic mass is 10.1. The predicted octanol–water partition coefficient (Wildman–Crippen LogP) is 3.29. The van der Waals surface area contributed by atoms with Crippen LogP contribution in [0, 0.1) is 16.1 Å². The van der Waals surface area contributed by atoms with Gasteiger partial charge in [-0.05, 0) is 47.6 Å². The number of aromatic nitrogens is 3. The standard InChI is InChI=1S/C18H15N5OS/c1-24-16-8-6-13(7-9-16)10-17-21-22-18(25)23(17)20-12-15-4-2-14(11-19)3-5-15/h2-9,12H,10H2,1H3,(H,22,25)/b20-12-. The number of H-pyrrole nitrogens is 1. The lowest BCUT2D eigenvalue weighted by molar-refractivity contribution is 0.414. The van der Waals surface area contributed by atoms with Gasteiger partial charge in [-0.3, -0.25) is 5.10 Å². The van der Waals surface area contributed by atoms with Crippen LogP contribution in [0.1, 0.15) is 22.5 Å². The van der Waals surface area contributed by atoms with Gasteiger partial charge in [-0.2, -0.15) is 20.1 Å². The largest absolute Gasteiger partial charge is 0.497 e. The fourth-order valence-corrected chi connectivity index (χ4v) is 2.45. The molecule has 6 nitrogen and oxygen atoms in total. The van der Waals surface area contributed by atoms with E-state index in [0.29, 0.717) is 22.6 Å². The van der Waals surface area contributed by atoms with Gasteiger partial charge in [-0.25, -0.2) is 0 Å². The molecule has 2 aromatic carbocycles. The lowest BCUT2D eigenvalue weighted by Gasteiger charge is -2.03. The molecule has 0 saturated heterocycles. The van der Waals surface area contributed by atoms with Crippen molar-refractivity contribution in [3.05, 3.63) is 75.8 Å². The van der Waals surface area contributed by atoms with Crippen LogP contribution < -0.4 is 4.74 Å². The van der Waals surface area contributed by atoms with Gasteiger partial charge >= 0.3 is 0 Å². The molecule has 0 atom stereocenters. The number of nitrogens with one attached hydrogen (secondary N) is 1. The van der Waals surface area contributed by atoms with Gasteiger partial charge in [0.25, 0.3) is 0 Å². The molecule has 0 amide bonds. The molecule has 1 aromatic heterocycles. The average Bonchev–Trinajstić information content (AvgIpc) is 3.00. The van der Waals surface area contributed by atoms with Gasteiger partial charge in [0.1, 0.15) is 5.75 Å². The molecule has 0 aliphatic carbocycles. The second-order valence-corrected chi connectivity index (χ2v) is 5.65. The Bertz CT molecular complexity index is 978. The maximum atomic E-state index is 8.83. The summed E-state index contributed by atoms with van der Waals surface area (Å²) in [6, 6.07) is 17.0. The van der Waals surface area contributed by atoms with Gasteiger partial charge in [0.15, 0.2) is 5.82 Å². The van der Waals surface area contributed by atoms with Crippen molar-refractivity contribution in [1.82, 2.24) is 14.9 Å². The fourth-order valence-electron chi connectivity index (χ4n) is 2.25. The van der Waals surface area contributed by atoms with Gasteiger partial charge in [0, 0.05) is 6.42 Å². The maximum absolute atomic E-state index is 8.83. The highest BCUT2D eigenvalue weighted by atomic mass is 32.1. The quantitative estimate of drug-likeness (QED) is 0.566. The van der Waals surface area contributed by atoms with Crippen molar-refractivity contribution in [3.63, 3.8) is 0 Å². The van der Waals surface area contributed by atoms with Crippen LogP contribution in [-0.2, 0) is 6.42 Å². The lowest BCUT2D eigenvalue weighted by Crippen LogP contribution is -2.00. The van der Waals surface area contributed by atoms with Crippen molar-refractivity contribution < 1.29 is 4.74 Å². The molecule has 1 N–H and O–H groups in total. The normalized spacial score (nSPS) is 10.7. The first-order chi connectivity index (χ1) is 12.2. The molecular weight excluding hydrogens is 334 g/mol. The first-order valence-corrected chi connectivity index (χ1v) is 7.94. The third-order valence-corrected chi connectivity index (χ3v) is 3.87. The van der Waals surface area contributed by atoms with E-state index in [1.807, 2.05) is 36.4 Å². The number of benzene rings is 2. The van der Waals surface area contributed by atoms with Crippen LogP contribution in [0.5, 0.6) is 5.75 Å². The van der Waals surface area contributed by atoms with Crippen molar-refractivity contribution in [2.75, 3.05) is 7.11 Å². The van der Waals surface area contributed by atoms with E-state index in [2.05, 4.69) is 21.4 Å². The molecule has 0 radical (unpaired) electrons.